The third-order valence-corrected chi connectivity index (χ3v) is 2.88. The molecule has 2 rings (SSSR count). The SMILES string of the molecule is O=C(N[C@@H]1CCOC[C@H]1O)c1cc(CO)ccn1. The monoisotopic (exact) mass is 252 g/mol. The van der Waals surface area contributed by atoms with Gasteiger partial charge in [0, 0.05) is 12.8 Å². The molecular weight excluding hydrogens is 236 g/mol. The number of amides is 1. The average molecular weight is 252 g/mol. The number of aliphatic hydroxyl groups is 2. The summed E-state index contributed by atoms with van der Waals surface area (Å²) in [4.78, 5) is 15.9. The van der Waals surface area contributed by atoms with Gasteiger partial charge in [0.05, 0.1) is 25.4 Å². The molecule has 6 heteroatoms. The number of aromatic nitrogens is 1. The van der Waals surface area contributed by atoms with E-state index in [9.17, 15) is 9.90 Å². The molecule has 0 unspecified atom stereocenters. The first kappa shape index (κ1) is 12.9. The summed E-state index contributed by atoms with van der Waals surface area (Å²) in [5, 5.41) is 21.4. The Balaban J connectivity index is 2.02. The predicted molar refractivity (Wildman–Crippen MR) is 62.9 cm³/mol. The lowest BCUT2D eigenvalue weighted by Crippen LogP contribution is -2.48. The van der Waals surface area contributed by atoms with Crippen molar-refractivity contribution in [1.82, 2.24) is 10.3 Å². The number of nitrogens with one attached hydrogen (secondary N) is 1. The smallest absolute Gasteiger partial charge is 0.270 e. The minimum absolute atomic E-state index is 0.136. The fraction of sp³-hybridized carbons (Fsp3) is 0.500. The Bertz CT molecular complexity index is 424. The molecule has 0 radical (unpaired) electrons. The maximum atomic E-state index is 11.9. The number of carbonyl (C=O) groups excluding carboxylic acids is 1. The molecule has 0 spiro atoms. The zero-order valence-corrected chi connectivity index (χ0v) is 9.87. The van der Waals surface area contributed by atoms with E-state index in [-0.39, 0.29) is 30.9 Å². The third kappa shape index (κ3) is 3.04. The summed E-state index contributed by atoms with van der Waals surface area (Å²) in [6.07, 6.45) is 1.36. The molecular formula is C12H16N2O4. The van der Waals surface area contributed by atoms with Crippen molar-refractivity contribution >= 4 is 5.91 Å². The summed E-state index contributed by atoms with van der Waals surface area (Å²) in [5.41, 5.74) is 0.864. The van der Waals surface area contributed by atoms with E-state index in [4.69, 9.17) is 9.84 Å². The highest BCUT2D eigenvalue weighted by Crippen LogP contribution is 2.09. The van der Waals surface area contributed by atoms with Crippen LogP contribution in [0.15, 0.2) is 18.3 Å². The number of aliphatic hydroxyl groups excluding tert-OH is 2. The Hall–Kier alpha value is -1.50. The van der Waals surface area contributed by atoms with Crippen LogP contribution in [-0.4, -0.2) is 46.5 Å². The van der Waals surface area contributed by atoms with Crippen LogP contribution >= 0.6 is 0 Å². The van der Waals surface area contributed by atoms with Crippen molar-refractivity contribution < 1.29 is 19.7 Å². The molecule has 18 heavy (non-hydrogen) atoms. The van der Waals surface area contributed by atoms with Crippen molar-refractivity contribution in [2.75, 3.05) is 13.2 Å². The Kier molecular flexibility index (Phi) is 4.24. The van der Waals surface area contributed by atoms with Crippen LogP contribution in [0.2, 0.25) is 0 Å². The van der Waals surface area contributed by atoms with Crippen LogP contribution in [0.4, 0.5) is 0 Å². The maximum Gasteiger partial charge on any atom is 0.270 e. The summed E-state index contributed by atoms with van der Waals surface area (Å²) in [5.74, 6) is -0.351. The molecule has 0 aromatic carbocycles. The van der Waals surface area contributed by atoms with E-state index in [2.05, 4.69) is 10.3 Å². The average Bonchev–Trinajstić information content (AvgIpc) is 2.41. The maximum absolute atomic E-state index is 11.9. The third-order valence-electron chi connectivity index (χ3n) is 2.88. The van der Waals surface area contributed by atoms with Gasteiger partial charge >= 0.3 is 0 Å². The highest BCUT2D eigenvalue weighted by Gasteiger charge is 2.25. The van der Waals surface area contributed by atoms with Crippen molar-refractivity contribution in [2.45, 2.75) is 25.2 Å². The lowest BCUT2D eigenvalue weighted by atomic mass is 10.1. The van der Waals surface area contributed by atoms with E-state index in [0.29, 0.717) is 18.6 Å². The Morgan fingerprint density at radius 3 is 3.17 bits per heavy atom. The molecule has 2 heterocycles. The minimum Gasteiger partial charge on any atom is -0.392 e. The van der Waals surface area contributed by atoms with Crippen LogP contribution in [0.5, 0.6) is 0 Å². The van der Waals surface area contributed by atoms with Gasteiger partial charge in [0.1, 0.15) is 5.69 Å². The van der Waals surface area contributed by atoms with E-state index in [1.807, 2.05) is 0 Å². The largest absolute Gasteiger partial charge is 0.392 e. The van der Waals surface area contributed by atoms with Crippen LogP contribution in [0.1, 0.15) is 22.5 Å². The zero-order valence-electron chi connectivity index (χ0n) is 9.87. The number of hydrogen-bond acceptors (Lipinski definition) is 5. The van der Waals surface area contributed by atoms with E-state index in [0.717, 1.165) is 0 Å². The molecule has 1 aliphatic heterocycles. The first-order chi connectivity index (χ1) is 8.70. The fourth-order valence-electron chi connectivity index (χ4n) is 1.83. The molecule has 1 aromatic heterocycles. The second-order valence-corrected chi connectivity index (χ2v) is 4.22. The highest BCUT2D eigenvalue weighted by atomic mass is 16.5. The predicted octanol–water partition coefficient (Wildman–Crippen LogP) is -0.547. The zero-order chi connectivity index (χ0) is 13.0. The van der Waals surface area contributed by atoms with Crippen LogP contribution in [0, 0.1) is 0 Å². The van der Waals surface area contributed by atoms with Crippen LogP contribution in [0.3, 0.4) is 0 Å². The molecule has 3 N–H and O–H groups in total. The van der Waals surface area contributed by atoms with E-state index < -0.39 is 6.10 Å². The molecule has 1 amide bonds. The van der Waals surface area contributed by atoms with Gasteiger partial charge in [-0.1, -0.05) is 0 Å². The Labute approximate surface area is 105 Å². The van der Waals surface area contributed by atoms with Gasteiger partial charge in [0.25, 0.3) is 5.91 Å². The Morgan fingerprint density at radius 1 is 1.61 bits per heavy atom. The van der Waals surface area contributed by atoms with E-state index in [1.165, 1.54) is 12.3 Å². The summed E-state index contributed by atoms with van der Waals surface area (Å²) < 4.78 is 5.09. The van der Waals surface area contributed by atoms with Crippen molar-refractivity contribution in [3.8, 4) is 0 Å². The van der Waals surface area contributed by atoms with Gasteiger partial charge < -0.3 is 20.3 Å². The standard InChI is InChI=1S/C12H16N2O4/c15-6-8-1-3-13-10(5-8)12(17)14-9-2-4-18-7-11(9)16/h1,3,5,9,11,15-16H,2,4,6-7H2,(H,14,17)/t9-,11-/m1/s1. The molecule has 1 aromatic rings. The van der Waals surface area contributed by atoms with Crippen molar-refractivity contribution in [1.29, 1.82) is 0 Å². The van der Waals surface area contributed by atoms with E-state index >= 15 is 0 Å². The topological polar surface area (TPSA) is 91.7 Å². The molecule has 0 bridgehead atoms. The van der Waals surface area contributed by atoms with Gasteiger partial charge in [-0.05, 0) is 24.1 Å². The second-order valence-electron chi connectivity index (χ2n) is 4.22. The summed E-state index contributed by atoms with van der Waals surface area (Å²) in [7, 11) is 0. The van der Waals surface area contributed by atoms with Crippen molar-refractivity contribution in [2.24, 2.45) is 0 Å². The van der Waals surface area contributed by atoms with Crippen LogP contribution in [0.25, 0.3) is 0 Å². The number of pyridine rings is 1. The number of hydrogen-bond donors (Lipinski definition) is 3. The summed E-state index contributed by atoms with van der Waals surface area (Å²) >= 11 is 0. The molecule has 0 aliphatic carbocycles. The van der Waals surface area contributed by atoms with Gasteiger partial charge in [-0.15, -0.1) is 0 Å². The van der Waals surface area contributed by atoms with Gasteiger partial charge in [-0.25, -0.2) is 0 Å². The second kappa shape index (κ2) is 5.90. The molecule has 6 nitrogen and oxygen atoms in total. The first-order valence-corrected chi connectivity index (χ1v) is 5.83. The molecule has 1 fully saturated rings. The molecule has 1 aliphatic rings. The lowest BCUT2D eigenvalue weighted by molar-refractivity contribution is -0.0261. The van der Waals surface area contributed by atoms with Crippen LogP contribution in [-0.2, 0) is 11.3 Å². The van der Waals surface area contributed by atoms with Gasteiger partial charge in [0.2, 0.25) is 0 Å². The van der Waals surface area contributed by atoms with E-state index in [1.54, 1.807) is 6.07 Å². The summed E-state index contributed by atoms with van der Waals surface area (Å²) in [6, 6.07) is 2.85. The number of rotatable bonds is 3. The number of nitrogens with zero attached hydrogens (tertiary/aromatic N) is 1. The first-order valence-electron chi connectivity index (χ1n) is 5.83. The Morgan fingerprint density at radius 2 is 2.44 bits per heavy atom. The lowest BCUT2D eigenvalue weighted by Gasteiger charge is -2.28. The highest BCUT2D eigenvalue weighted by molar-refractivity contribution is 5.92. The molecule has 0 saturated carbocycles. The minimum atomic E-state index is -0.691. The normalized spacial score (nSPS) is 23.7. The quantitative estimate of drug-likeness (QED) is 0.671. The molecule has 1 saturated heterocycles. The number of ether oxygens (including phenoxy) is 1. The fourth-order valence-corrected chi connectivity index (χ4v) is 1.83. The van der Waals surface area contributed by atoms with Crippen molar-refractivity contribution in [3.63, 3.8) is 0 Å². The van der Waals surface area contributed by atoms with Crippen LogP contribution < -0.4 is 5.32 Å². The van der Waals surface area contributed by atoms with Gasteiger partial charge in [-0.3, -0.25) is 9.78 Å². The molecule has 2 atom stereocenters. The summed E-state index contributed by atoms with van der Waals surface area (Å²) in [6.45, 7) is 0.615. The number of carbonyl (C=O) groups is 1. The van der Waals surface area contributed by atoms with Gasteiger partial charge in [-0.2, -0.15) is 0 Å². The van der Waals surface area contributed by atoms with Gasteiger partial charge in [0.15, 0.2) is 0 Å². The molecule has 98 valence electrons. The van der Waals surface area contributed by atoms with Crippen molar-refractivity contribution in [3.05, 3.63) is 29.6 Å².